The van der Waals surface area contributed by atoms with Crippen LogP contribution in [0.2, 0.25) is 0 Å². The maximum Gasteiger partial charge on any atom is 0.305 e. The molecule has 3 aliphatic rings. The Labute approximate surface area is 113 Å². The van der Waals surface area contributed by atoms with E-state index in [9.17, 15) is 14.4 Å². The number of ether oxygens (including phenoxy) is 1. The molecule has 2 bridgehead atoms. The van der Waals surface area contributed by atoms with Gasteiger partial charge >= 0.3 is 5.91 Å². The minimum absolute atomic E-state index is 0.0573. The molecule has 4 rings (SSSR count). The summed E-state index contributed by atoms with van der Waals surface area (Å²) in [5.74, 6) is -2.21. The fourth-order valence-corrected chi connectivity index (χ4v) is 3.39. The van der Waals surface area contributed by atoms with E-state index in [1.807, 2.05) is 0 Å². The van der Waals surface area contributed by atoms with Crippen LogP contribution < -0.4 is 5.43 Å². The number of imide groups is 1. The Bertz CT molecular complexity index is 568. The number of nitrogens with one attached hydrogen (secondary N) is 1. The minimum Gasteiger partial charge on any atom is -0.459 e. The molecule has 0 unspecified atom stereocenters. The van der Waals surface area contributed by atoms with E-state index in [1.54, 1.807) is 6.07 Å². The topological polar surface area (TPSA) is 88.9 Å². The van der Waals surface area contributed by atoms with E-state index in [0.29, 0.717) is 0 Å². The van der Waals surface area contributed by atoms with Crippen molar-refractivity contribution in [1.82, 2.24) is 10.4 Å². The monoisotopic (exact) mass is 276 g/mol. The lowest BCUT2D eigenvalue weighted by molar-refractivity contribution is -0.145. The van der Waals surface area contributed by atoms with E-state index in [0.717, 1.165) is 17.9 Å². The smallest absolute Gasteiger partial charge is 0.305 e. The standard InChI is InChI=1S/C13H12N2O5/c16-11(8-2-1-5-19-8)14-15-12(17)9-6-3-4-7(20-6)10(9)13(15)18/h1-2,5-7,9-10H,3-4H2,(H,14,16)/t6-,7-,9-,10-/m1/s1. The molecule has 3 saturated heterocycles. The van der Waals surface area contributed by atoms with Gasteiger partial charge in [0.2, 0.25) is 0 Å². The van der Waals surface area contributed by atoms with Crippen LogP contribution in [-0.2, 0) is 14.3 Å². The van der Waals surface area contributed by atoms with Crippen LogP contribution in [0.4, 0.5) is 0 Å². The highest BCUT2D eigenvalue weighted by Gasteiger charge is 2.62. The number of nitrogens with zero attached hydrogens (tertiary/aromatic N) is 1. The van der Waals surface area contributed by atoms with Gasteiger partial charge in [-0.25, -0.2) is 0 Å². The number of furan rings is 1. The summed E-state index contributed by atoms with van der Waals surface area (Å²) in [6, 6.07) is 3.03. The normalized spacial score (nSPS) is 34.7. The molecule has 0 spiro atoms. The zero-order valence-corrected chi connectivity index (χ0v) is 10.4. The Balaban J connectivity index is 1.57. The first kappa shape index (κ1) is 11.7. The third kappa shape index (κ3) is 1.41. The summed E-state index contributed by atoms with van der Waals surface area (Å²) in [5, 5.41) is 0.827. The van der Waals surface area contributed by atoms with Crippen molar-refractivity contribution in [3.63, 3.8) is 0 Å². The van der Waals surface area contributed by atoms with Crippen molar-refractivity contribution in [2.24, 2.45) is 11.8 Å². The molecule has 3 aliphatic heterocycles. The Morgan fingerprint density at radius 3 is 2.40 bits per heavy atom. The third-order valence-corrected chi connectivity index (χ3v) is 4.24. The second-order valence-corrected chi connectivity index (χ2v) is 5.27. The molecule has 0 aromatic carbocycles. The predicted octanol–water partition coefficient (Wildman–Crippen LogP) is 0.0868. The molecule has 20 heavy (non-hydrogen) atoms. The molecule has 3 fully saturated rings. The molecular weight excluding hydrogens is 264 g/mol. The van der Waals surface area contributed by atoms with Crippen molar-refractivity contribution < 1.29 is 23.5 Å². The van der Waals surface area contributed by atoms with Gasteiger partial charge in [0.1, 0.15) is 0 Å². The lowest BCUT2D eigenvalue weighted by Crippen LogP contribution is -2.47. The summed E-state index contributed by atoms with van der Waals surface area (Å²) in [5.41, 5.74) is 2.32. The first-order chi connectivity index (χ1) is 9.66. The highest BCUT2D eigenvalue weighted by Crippen LogP contribution is 2.47. The van der Waals surface area contributed by atoms with Crippen molar-refractivity contribution in [3.05, 3.63) is 24.2 Å². The van der Waals surface area contributed by atoms with Crippen molar-refractivity contribution >= 4 is 17.7 Å². The van der Waals surface area contributed by atoms with Gasteiger partial charge in [0.25, 0.3) is 11.8 Å². The second kappa shape index (κ2) is 3.92. The lowest BCUT2D eigenvalue weighted by atomic mass is 9.81. The van der Waals surface area contributed by atoms with Gasteiger partial charge in [-0.3, -0.25) is 19.8 Å². The molecule has 104 valence electrons. The molecular formula is C13H12N2O5. The lowest BCUT2D eigenvalue weighted by Gasteiger charge is -2.17. The molecule has 7 heteroatoms. The predicted molar refractivity (Wildman–Crippen MR) is 62.9 cm³/mol. The fourth-order valence-electron chi connectivity index (χ4n) is 3.39. The van der Waals surface area contributed by atoms with Crippen molar-refractivity contribution in [1.29, 1.82) is 0 Å². The van der Waals surface area contributed by atoms with Crippen LogP contribution >= 0.6 is 0 Å². The van der Waals surface area contributed by atoms with Gasteiger partial charge in [0, 0.05) is 0 Å². The van der Waals surface area contributed by atoms with Crippen molar-refractivity contribution in [2.75, 3.05) is 0 Å². The molecule has 4 atom stereocenters. The molecule has 0 aliphatic carbocycles. The average molecular weight is 276 g/mol. The minimum atomic E-state index is -0.607. The highest BCUT2D eigenvalue weighted by atomic mass is 16.5. The van der Waals surface area contributed by atoms with Gasteiger partial charge in [-0.05, 0) is 25.0 Å². The number of rotatable bonds is 2. The van der Waals surface area contributed by atoms with Gasteiger partial charge in [0.15, 0.2) is 5.76 Å². The van der Waals surface area contributed by atoms with Gasteiger partial charge in [0.05, 0.1) is 30.3 Å². The molecule has 3 amide bonds. The number of hydrazine groups is 1. The molecule has 1 aromatic rings. The van der Waals surface area contributed by atoms with Crippen LogP contribution in [0.25, 0.3) is 0 Å². The number of amides is 3. The largest absolute Gasteiger partial charge is 0.459 e. The summed E-state index contributed by atoms with van der Waals surface area (Å²) in [6.45, 7) is 0. The van der Waals surface area contributed by atoms with Gasteiger partial charge in [-0.15, -0.1) is 0 Å². The molecule has 4 heterocycles. The van der Waals surface area contributed by atoms with Crippen LogP contribution in [0, 0.1) is 11.8 Å². The first-order valence-corrected chi connectivity index (χ1v) is 6.54. The van der Waals surface area contributed by atoms with E-state index in [4.69, 9.17) is 9.15 Å². The van der Waals surface area contributed by atoms with E-state index in [-0.39, 0.29) is 29.8 Å². The SMILES string of the molecule is O=C(NN1C(=O)[C@H]2[C@H](C1=O)[C@H]1CC[C@H]2O1)c1ccco1. The molecule has 1 N–H and O–H groups in total. The van der Waals surface area contributed by atoms with E-state index in [1.165, 1.54) is 12.3 Å². The maximum absolute atomic E-state index is 12.3. The maximum atomic E-state index is 12.3. The fraction of sp³-hybridized carbons (Fsp3) is 0.462. The summed E-state index contributed by atoms with van der Waals surface area (Å²) in [4.78, 5) is 36.4. The van der Waals surface area contributed by atoms with Gasteiger partial charge in [-0.1, -0.05) is 0 Å². The summed E-state index contributed by atoms with van der Waals surface area (Å²) < 4.78 is 10.5. The van der Waals surface area contributed by atoms with E-state index in [2.05, 4.69) is 5.43 Å². The number of hydrogen-bond donors (Lipinski definition) is 1. The van der Waals surface area contributed by atoms with Crippen LogP contribution in [0.5, 0.6) is 0 Å². The zero-order chi connectivity index (χ0) is 13.9. The molecule has 1 aromatic heterocycles. The number of hydrogen-bond acceptors (Lipinski definition) is 5. The Kier molecular flexibility index (Phi) is 2.29. The Hall–Kier alpha value is -2.15. The quantitative estimate of drug-likeness (QED) is 0.773. The van der Waals surface area contributed by atoms with Crippen LogP contribution in [0.15, 0.2) is 22.8 Å². The molecule has 0 radical (unpaired) electrons. The molecule has 0 saturated carbocycles. The third-order valence-electron chi connectivity index (χ3n) is 4.24. The summed E-state index contributed by atoms with van der Waals surface area (Å²) in [7, 11) is 0. The Morgan fingerprint density at radius 1 is 1.20 bits per heavy atom. The molecule has 7 nitrogen and oxygen atoms in total. The average Bonchev–Trinajstić information content (AvgIpc) is 3.18. The van der Waals surface area contributed by atoms with Crippen molar-refractivity contribution in [3.8, 4) is 0 Å². The second-order valence-electron chi connectivity index (χ2n) is 5.27. The van der Waals surface area contributed by atoms with Crippen LogP contribution in [0.3, 0.4) is 0 Å². The summed E-state index contributed by atoms with van der Waals surface area (Å²) >= 11 is 0. The number of carbonyl (C=O) groups is 3. The van der Waals surface area contributed by atoms with Gasteiger partial charge < -0.3 is 9.15 Å². The number of fused-ring (bicyclic) bond motifs is 5. The number of carbonyl (C=O) groups excluding carboxylic acids is 3. The van der Waals surface area contributed by atoms with E-state index < -0.39 is 17.7 Å². The highest BCUT2D eigenvalue weighted by molar-refractivity contribution is 6.08. The van der Waals surface area contributed by atoms with Crippen LogP contribution in [0.1, 0.15) is 23.4 Å². The van der Waals surface area contributed by atoms with Gasteiger partial charge in [-0.2, -0.15) is 5.01 Å². The Morgan fingerprint density at radius 2 is 1.85 bits per heavy atom. The summed E-state index contributed by atoms with van der Waals surface area (Å²) in [6.07, 6.45) is 2.57. The van der Waals surface area contributed by atoms with Crippen molar-refractivity contribution in [2.45, 2.75) is 25.0 Å². The van der Waals surface area contributed by atoms with Crippen LogP contribution in [-0.4, -0.2) is 34.9 Å². The zero-order valence-electron chi connectivity index (χ0n) is 10.4. The van der Waals surface area contributed by atoms with E-state index >= 15 is 0 Å². The first-order valence-electron chi connectivity index (χ1n) is 6.54.